The molecule has 1 unspecified atom stereocenters. The van der Waals surface area contributed by atoms with Crippen LogP contribution in [0.25, 0.3) is 10.9 Å². The summed E-state index contributed by atoms with van der Waals surface area (Å²) in [5.41, 5.74) is 0.601. The molecule has 0 amide bonds. The molecular weight excluding hydrogens is 246 g/mol. The van der Waals surface area contributed by atoms with Gasteiger partial charge in [-0.25, -0.2) is 0 Å². The summed E-state index contributed by atoms with van der Waals surface area (Å²) >= 11 is 0. The van der Waals surface area contributed by atoms with Crippen LogP contribution in [0.3, 0.4) is 0 Å². The van der Waals surface area contributed by atoms with Gasteiger partial charge in [-0.2, -0.15) is 0 Å². The Morgan fingerprint density at radius 3 is 3.05 bits per heavy atom. The summed E-state index contributed by atoms with van der Waals surface area (Å²) in [5.74, 6) is 0.319. The summed E-state index contributed by atoms with van der Waals surface area (Å²) in [5, 5.41) is 15.0. The molecule has 1 aliphatic rings. The van der Waals surface area contributed by atoms with E-state index in [1.807, 2.05) is 0 Å². The number of rotatable bonds is 3. The number of ether oxygens (including phenoxy) is 1. The molecule has 1 N–H and O–H groups in total. The Balaban J connectivity index is 2.07. The normalized spacial score (nSPS) is 18.6. The number of fused-ring (bicyclic) bond motifs is 1. The first-order chi connectivity index (χ1) is 9.25. The van der Waals surface area contributed by atoms with Crippen molar-refractivity contribution >= 4 is 16.6 Å². The van der Waals surface area contributed by atoms with Crippen LogP contribution >= 0.6 is 0 Å². The predicted molar refractivity (Wildman–Crippen MR) is 70.3 cm³/mol. The highest BCUT2D eigenvalue weighted by atomic mass is 16.6. The summed E-state index contributed by atoms with van der Waals surface area (Å²) in [6.07, 6.45) is 2.48. The largest absolute Gasteiger partial charge is 0.482 e. The number of benzene rings is 1. The van der Waals surface area contributed by atoms with E-state index in [2.05, 4.69) is 10.3 Å². The summed E-state index contributed by atoms with van der Waals surface area (Å²) in [6.45, 7) is 1.61. The lowest BCUT2D eigenvalue weighted by Crippen LogP contribution is -2.20. The SMILES string of the molecule is O=[N+]([O-])c1c(OC2CCNC2)ccc2ncccc12. The van der Waals surface area contributed by atoms with Crippen molar-refractivity contribution in [2.45, 2.75) is 12.5 Å². The van der Waals surface area contributed by atoms with Gasteiger partial charge in [-0.1, -0.05) is 0 Å². The fourth-order valence-corrected chi connectivity index (χ4v) is 2.31. The smallest absolute Gasteiger partial charge is 0.320 e. The summed E-state index contributed by atoms with van der Waals surface area (Å²) < 4.78 is 5.74. The molecule has 6 heteroatoms. The third-order valence-electron chi connectivity index (χ3n) is 3.21. The third kappa shape index (κ3) is 2.22. The molecule has 0 bridgehead atoms. The van der Waals surface area contributed by atoms with Crippen molar-refractivity contribution in [1.82, 2.24) is 10.3 Å². The van der Waals surface area contributed by atoms with Gasteiger partial charge in [0.1, 0.15) is 6.10 Å². The summed E-state index contributed by atoms with van der Waals surface area (Å²) in [7, 11) is 0. The van der Waals surface area contributed by atoms with Crippen molar-refractivity contribution in [3.63, 3.8) is 0 Å². The Morgan fingerprint density at radius 1 is 1.42 bits per heavy atom. The van der Waals surface area contributed by atoms with Crippen molar-refractivity contribution in [1.29, 1.82) is 0 Å². The van der Waals surface area contributed by atoms with Gasteiger partial charge in [0.25, 0.3) is 0 Å². The Labute approximate surface area is 109 Å². The zero-order chi connectivity index (χ0) is 13.2. The van der Waals surface area contributed by atoms with Gasteiger partial charge in [0, 0.05) is 12.7 Å². The molecule has 0 saturated carbocycles. The number of nitrogens with one attached hydrogen (secondary N) is 1. The highest BCUT2D eigenvalue weighted by Gasteiger charge is 2.24. The third-order valence-corrected chi connectivity index (χ3v) is 3.21. The average molecular weight is 259 g/mol. The van der Waals surface area contributed by atoms with Crippen molar-refractivity contribution < 1.29 is 9.66 Å². The highest BCUT2D eigenvalue weighted by molar-refractivity contribution is 5.90. The summed E-state index contributed by atoms with van der Waals surface area (Å²) in [4.78, 5) is 15.0. The lowest BCUT2D eigenvalue weighted by Gasteiger charge is -2.13. The number of aromatic nitrogens is 1. The number of hydrogen-bond donors (Lipinski definition) is 1. The van der Waals surface area contributed by atoms with Gasteiger partial charge in [-0.3, -0.25) is 15.1 Å². The van der Waals surface area contributed by atoms with E-state index < -0.39 is 4.92 Å². The second-order valence-electron chi connectivity index (χ2n) is 4.47. The van der Waals surface area contributed by atoms with Crippen LogP contribution in [-0.4, -0.2) is 29.1 Å². The lowest BCUT2D eigenvalue weighted by atomic mass is 10.1. The maximum absolute atomic E-state index is 11.3. The standard InChI is InChI=1S/C13H13N3O3/c17-16(18)13-10-2-1-6-15-11(10)3-4-12(13)19-9-5-7-14-8-9/h1-4,6,9,14H,5,7-8H2. The molecule has 1 saturated heterocycles. The zero-order valence-electron chi connectivity index (χ0n) is 10.2. The molecule has 1 atom stereocenters. The Bertz CT molecular complexity index is 624. The van der Waals surface area contributed by atoms with E-state index in [-0.39, 0.29) is 11.8 Å². The van der Waals surface area contributed by atoms with Crippen LogP contribution in [0.1, 0.15) is 6.42 Å². The second-order valence-corrected chi connectivity index (χ2v) is 4.47. The van der Waals surface area contributed by atoms with E-state index in [1.165, 1.54) is 0 Å². The molecule has 1 aromatic carbocycles. The molecule has 19 heavy (non-hydrogen) atoms. The molecule has 2 aromatic rings. The van der Waals surface area contributed by atoms with Crippen molar-refractivity contribution in [3.8, 4) is 5.75 Å². The number of hydrogen-bond acceptors (Lipinski definition) is 5. The molecule has 98 valence electrons. The fourth-order valence-electron chi connectivity index (χ4n) is 2.31. The maximum Gasteiger partial charge on any atom is 0.320 e. The Morgan fingerprint density at radius 2 is 2.32 bits per heavy atom. The van der Waals surface area contributed by atoms with Gasteiger partial charge >= 0.3 is 5.69 Å². The van der Waals surface area contributed by atoms with E-state index in [1.54, 1.807) is 30.5 Å². The van der Waals surface area contributed by atoms with Crippen molar-refractivity contribution in [2.24, 2.45) is 0 Å². The average Bonchev–Trinajstić information content (AvgIpc) is 2.91. The van der Waals surface area contributed by atoms with Gasteiger partial charge in [-0.15, -0.1) is 0 Å². The molecular formula is C13H13N3O3. The Kier molecular flexibility index (Phi) is 3.00. The highest BCUT2D eigenvalue weighted by Crippen LogP contribution is 2.35. The molecule has 3 rings (SSSR count). The van der Waals surface area contributed by atoms with E-state index in [4.69, 9.17) is 4.74 Å². The van der Waals surface area contributed by atoms with Crippen LogP contribution in [0.5, 0.6) is 5.75 Å². The monoisotopic (exact) mass is 259 g/mol. The summed E-state index contributed by atoms with van der Waals surface area (Å²) in [6, 6.07) is 6.77. The van der Waals surface area contributed by atoms with Crippen molar-refractivity contribution in [3.05, 3.63) is 40.6 Å². The number of nitro groups is 1. The number of nitrogens with zero attached hydrogens (tertiary/aromatic N) is 2. The predicted octanol–water partition coefficient (Wildman–Crippen LogP) is 1.88. The van der Waals surface area contributed by atoms with E-state index in [0.717, 1.165) is 19.5 Å². The molecule has 0 spiro atoms. The second kappa shape index (κ2) is 4.81. The zero-order valence-corrected chi connectivity index (χ0v) is 10.2. The molecule has 0 aliphatic carbocycles. The molecule has 1 aliphatic heterocycles. The number of nitro benzene ring substituents is 1. The van der Waals surface area contributed by atoms with Gasteiger partial charge in [0.05, 0.1) is 15.8 Å². The van der Waals surface area contributed by atoms with Crippen LogP contribution in [0.15, 0.2) is 30.5 Å². The maximum atomic E-state index is 11.3. The van der Waals surface area contributed by atoms with Gasteiger partial charge in [0.15, 0.2) is 5.75 Å². The minimum Gasteiger partial charge on any atom is -0.482 e. The van der Waals surface area contributed by atoms with E-state index in [9.17, 15) is 10.1 Å². The van der Waals surface area contributed by atoms with Crippen LogP contribution in [0, 0.1) is 10.1 Å². The van der Waals surface area contributed by atoms with Gasteiger partial charge < -0.3 is 10.1 Å². The molecule has 6 nitrogen and oxygen atoms in total. The Hall–Kier alpha value is -2.21. The van der Waals surface area contributed by atoms with E-state index >= 15 is 0 Å². The van der Waals surface area contributed by atoms with Crippen LogP contribution in [0.4, 0.5) is 5.69 Å². The minimum absolute atomic E-state index is 0.00231. The molecule has 0 radical (unpaired) electrons. The minimum atomic E-state index is -0.401. The van der Waals surface area contributed by atoms with Gasteiger partial charge in [-0.05, 0) is 37.2 Å². The first-order valence-electron chi connectivity index (χ1n) is 6.15. The van der Waals surface area contributed by atoms with Crippen LogP contribution < -0.4 is 10.1 Å². The van der Waals surface area contributed by atoms with Crippen molar-refractivity contribution in [2.75, 3.05) is 13.1 Å². The molecule has 2 heterocycles. The lowest BCUT2D eigenvalue weighted by molar-refractivity contribution is -0.384. The topological polar surface area (TPSA) is 77.3 Å². The molecule has 1 fully saturated rings. The van der Waals surface area contributed by atoms with Crippen LogP contribution in [0.2, 0.25) is 0 Å². The first-order valence-corrected chi connectivity index (χ1v) is 6.15. The quantitative estimate of drug-likeness (QED) is 0.672. The molecule has 1 aromatic heterocycles. The van der Waals surface area contributed by atoms with E-state index in [0.29, 0.717) is 16.7 Å². The van der Waals surface area contributed by atoms with Crippen LogP contribution in [-0.2, 0) is 0 Å². The van der Waals surface area contributed by atoms with Gasteiger partial charge in [0.2, 0.25) is 0 Å². The fraction of sp³-hybridized carbons (Fsp3) is 0.308. The number of pyridine rings is 1. The first kappa shape index (κ1) is 11.9.